The Labute approximate surface area is 105 Å². The van der Waals surface area contributed by atoms with Crippen molar-refractivity contribution in [2.45, 2.75) is 6.92 Å². The van der Waals surface area contributed by atoms with Crippen LogP contribution in [-0.4, -0.2) is 22.9 Å². The summed E-state index contributed by atoms with van der Waals surface area (Å²) in [6.45, 7) is 1.99. The summed E-state index contributed by atoms with van der Waals surface area (Å²) < 4.78 is 0. The second-order valence-corrected chi connectivity index (χ2v) is 3.94. The van der Waals surface area contributed by atoms with Crippen LogP contribution in [0.25, 0.3) is 11.3 Å². The Morgan fingerprint density at radius 1 is 1.39 bits per heavy atom. The van der Waals surface area contributed by atoms with Gasteiger partial charge in [-0.1, -0.05) is 23.8 Å². The van der Waals surface area contributed by atoms with Gasteiger partial charge in [0.05, 0.1) is 11.9 Å². The number of aromatic nitrogens is 2. The van der Waals surface area contributed by atoms with Gasteiger partial charge in [-0.3, -0.25) is 4.79 Å². The smallest absolute Gasteiger partial charge is 0.273 e. The van der Waals surface area contributed by atoms with Crippen LogP contribution in [0.15, 0.2) is 30.5 Å². The summed E-state index contributed by atoms with van der Waals surface area (Å²) in [5.74, 6) is -0.208. The SMILES string of the molecule is CNC(=O)c1nc(-c2cccc(C)c2)cnc1N. The number of nitrogens with one attached hydrogen (secondary N) is 1. The molecule has 1 aromatic heterocycles. The van der Waals surface area contributed by atoms with Gasteiger partial charge in [0, 0.05) is 12.6 Å². The van der Waals surface area contributed by atoms with Crippen LogP contribution >= 0.6 is 0 Å². The van der Waals surface area contributed by atoms with E-state index < -0.39 is 0 Å². The van der Waals surface area contributed by atoms with Crippen LogP contribution < -0.4 is 11.1 Å². The van der Waals surface area contributed by atoms with Crippen molar-refractivity contribution in [2.75, 3.05) is 12.8 Å². The number of amides is 1. The van der Waals surface area contributed by atoms with Crippen LogP contribution in [0.3, 0.4) is 0 Å². The van der Waals surface area contributed by atoms with Crippen LogP contribution in [0.4, 0.5) is 5.82 Å². The van der Waals surface area contributed by atoms with Gasteiger partial charge in [-0.05, 0) is 13.0 Å². The lowest BCUT2D eigenvalue weighted by molar-refractivity contribution is 0.0959. The predicted octanol–water partition coefficient (Wildman–Crippen LogP) is 1.39. The molecule has 3 N–H and O–H groups in total. The zero-order chi connectivity index (χ0) is 13.1. The van der Waals surface area contributed by atoms with Gasteiger partial charge in [-0.15, -0.1) is 0 Å². The highest BCUT2D eigenvalue weighted by atomic mass is 16.1. The topological polar surface area (TPSA) is 80.9 Å². The van der Waals surface area contributed by atoms with Crippen molar-refractivity contribution in [1.29, 1.82) is 0 Å². The maximum atomic E-state index is 11.6. The average Bonchev–Trinajstić information content (AvgIpc) is 2.38. The van der Waals surface area contributed by atoms with Crippen molar-refractivity contribution < 1.29 is 4.79 Å². The van der Waals surface area contributed by atoms with Crippen LogP contribution in [0.1, 0.15) is 16.1 Å². The number of carbonyl (C=O) groups is 1. The van der Waals surface area contributed by atoms with E-state index in [0.29, 0.717) is 5.69 Å². The highest BCUT2D eigenvalue weighted by molar-refractivity contribution is 5.96. The van der Waals surface area contributed by atoms with E-state index in [-0.39, 0.29) is 17.4 Å². The number of carbonyl (C=O) groups excluding carboxylic acids is 1. The summed E-state index contributed by atoms with van der Waals surface area (Å²) in [5.41, 5.74) is 8.45. The Hall–Kier alpha value is -2.43. The molecule has 0 bridgehead atoms. The molecule has 1 amide bonds. The zero-order valence-corrected chi connectivity index (χ0v) is 10.3. The Morgan fingerprint density at radius 2 is 2.17 bits per heavy atom. The lowest BCUT2D eigenvalue weighted by Gasteiger charge is -2.06. The number of aryl methyl sites for hydroxylation is 1. The Bertz CT molecular complexity index is 595. The Kier molecular flexibility index (Phi) is 3.23. The van der Waals surface area contributed by atoms with Gasteiger partial charge in [-0.2, -0.15) is 0 Å². The molecule has 0 saturated carbocycles. The lowest BCUT2D eigenvalue weighted by atomic mass is 10.1. The number of nitrogen functional groups attached to an aromatic ring is 1. The molecule has 5 heteroatoms. The Morgan fingerprint density at radius 3 is 2.83 bits per heavy atom. The van der Waals surface area contributed by atoms with Crippen molar-refractivity contribution in [3.05, 3.63) is 41.7 Å². The van der Waals surface area contributed by atoms with Crippen molar-refractivity contribution in [1.82, 2.24) is 15.3 Å². The highest BCUT2D eigenvalue weighted by Crippen LogP contribution is 2.19. The average molecular weight is 242 g/mol. The first kappa shape index (κ1) is 12.0. The minimum Gasteiger partial charge on any atom is -0.382 e. The monoisotopic (exact) mass is 242 g/mol. The molecule has 2 rings (SSSR count). The van der Waals surface area contributed by atoms with Gasteiger partial charge in [0.2, 0.25) is 0 Å². The molecule has 0 aliphatic rings. The minimum atomic E-state index is -0.338. The molecule has 5 nitrogen and oxygen atoms in total. The van der Waals surface area contributed by atoms with Crippen LogP contribution in [0, 0.1) is 6.92 Å². The van der Waals surface area contributed by atoms with Gasteiger partial charge >= 0.3 is 0 Å². The third kappa shape index (κ3) is 2.29. The first-order chi connectivity index (χ1) is 8.61. The van der Waals surface area contributed by atoms with E-state index in [1.54, 1.807) is 6.20 Å². The van der Waals surface area contributed by atoms with Gasteiger partial charge < -0.3 is 11.1 Å². The van der Waals surface area contributed by atoms with Crippen molar-refractivity contribution in [3.63, 3.8) is 0 Å². The van der Waals surface area contributed by atoms with Crippen molar-refractivity contribution in [3.8, 4) is 11.3 Å². The predicted molar refractivity (Wildman–Crippen MR) is 70.0 cm³/mol. The van der Waals surface area contributed by atoms with Crippen LogP contribution in [0.2, 0.25) is 0 Å². The fourth-order valence-electron chi connectivity index (χ4n) is 1.63. The molecule has 0 aliphatic heterocycles. The van der Waals surface area contributed by atoms with E-state index in [9.17, 15) is 4.79 Å². The number of hydrogen-bond acceptors (Lipinski definition) is 4. The Balaban J connectivity index is 2.50. The van der Waals surface area contributed by atoms with E-state index in [4.69, 9.17) is 5.73 Å². The molecule has 0 fully saturated rings. The molecule has 0 radical (unpaired) electrons. The highest BCUT2D eigenvalue weighted by Gasteiger charge is 2.12. The summed E-state index contributed by atoms with van der Waals surface area (Å²) in [6, 6.07) is 7.82. The second-order valence-electron chi connectivity index (χ2n) is 3.94. The first-order valence-electron chi connectivity index (χ1n) is 5.53. The van der Waals surface area contributed by atoms with Crippen molar-refractivity contribution >= 4 is 11.7 Å². The molecule has 18 heavy (non-hydrogen) atoms. The second kappa shape index (κ2) is 4.83. The summed E-state index contributed by atoms with van der Waals surface area (Å²) >= 11 is 0. The molecular formula is C13H14N4O. The van der Waals surface area contributed by atoms with Gasteiger partial charge in [0.25, 0.3) is 5.91 Å². The third-order valence-corrected chi connectivity index (χ3v) is 2.56. The molecule has 0 spiro atoms. The molecule has 0 unspecified atom stereocenters. The molecule has 0 atom stereocenters. The quantitative estimate of drug-likeness (QED) is 0.834. The molecule has 92 valence electrons. The maximum Gasteiger partial charge on any atom is 0.273 e. The van der Waals surface area contributed by atoms with Gasteiger partial charge in [0.1, 0.15) is 0 Å². The molecule has 1 heterocycles. The van der Waals surface area contributed by atoms with Crippen molar-refractivity contribution in [2.24, 2.45) is 0 Å². The lowest BCUT2D eigenvalue weighted by Crippen LogP contribution is -2.21. The first-order valence-corrected chi connectivity index (χ1v) is 5.53. The summed E-state index contributed by atoms with van der Waals surface area (Å²) in [7, 11) is 1.53. The number of nitrogens with two attached hydrogens (primary N) is 1. The van der Waals surface area contributed by atoms with Gasteiger partial charge in [0.15, 0.2) is 11.5 Å². The molecular weight excluding hydrogens is 228 g/mol. The normalized spacial score (nSPS) is 10.1. The number of nitrogens with zero attached hydrogens (tertiary/aromatic N) is 2. The fraction of sp³-hybridized carbons (Fsp3) is 0.154. The number of hydrogen-bond donors (Lipinski definition) is 2. The number of benzene rings is 1. The summed E-state index contributed by atoms with van der Waals surface area (Å²) in [4.78, 5) is 19.9. The van der Waals surface area contributed by atoms with Gasteiger partial charge in [-0.25, -0.2) is 9.97 Å². The zero-order valence-electron chi connectivity index (χ0n) is 10.3. The van der Waals surface area contributed by atoms with E-state index in [1.807, 2.05) is 31.2 Å². The molecule has 0 saturated heterocycles. The standard InChI is InChI=1S/C13H14N4O/c1-8-4-3-5-9(6-8)10-7-16-12(14)11(17-10)13(18)15-2/h3-7H,1-2H3,(H2,14,16)(H,15,18). The minimum absolute atomic E-state index is 0.130. The third-order valence-electron chi connectivity index (χ3n) is 2.56. The largest absolute Gasteiger partial charge is 0.382 e. The summed E-state index contributed by atoms with van der Waals surface area (Å²) in [5, 5.41) is 2.49. The number of rotatable bonds is 2. The van der Waals surface area contributed by atoms with E-state index >= 15 is 0 Å². The van der Waals surface area contributed by atoms with Crippen LogP contribution in [0.5, 0.6) is 0 Å². The molecule has 0 aliphatic carbocycles. The maximum absolute atomic E-state index is 11.6. The number of anilines is 1. The van der Waals surface area contributed by atoms with E-state index in [2.05, 4.69) is 15.3 Å². The molecule has 1 aromatic carbocycles. The molecule has 2 aromatic rings. The van der Waals surface area contributed by atoms with E-state index in [1.165, 1.54) is 7.05 Å². The van der Waals surface area contributed by atoms with E-state index in [0.717, 1.165) is 11.1 Å². The van der Waals surface area contributed by atoms with Crippen LogP contribution in [-0.2, 0) is 0 Å². The fourth-order valence-corrected chi connectivity index (χ4v) is 1.63. The summed E-state index contributed by atoms with van der Waals surface area (Å²) in [6.07, 6.45) is 1.57.